The van der Waals surface area contributed by atoms with Gasteiger partial charge in [-0.1, -0.05) is 17.7 Å². The molecule has 11 heteroatoms. The Hall–Kier alpha value is -2.63. The highest BCUT2D eigenvalue weighted by atomic mass is 32.2. The van der Waals surface area contributed by atoms with Crippen LogP contribution in [0.25, 0.3) is 0 Å². The second-order valence-corrected chi connectivity index (χ2v) is 9.50. The summed E-state index contributed by atoms with van der Waals surface area (Å²) in [5.41, 5.74) is 0.349. The van der Waals surface area contributed by atoms with Crippen LogP contribution in [0.5, 0.6) is 0 Å². The Balaban J connectivity index is 1.81. The van der Waals surface area contributed by atoms with Gasteiger partial charge in [-0.05, 0) is 37.3 Å². The van der Waals surface area contributed by atoms with E-state index in [0.717, 1.165) is 22.0 Å². The third-order valence-electron chi connectivity index (χ3n) is 5.05. The number of amides is 1. The largest absolute Gasteiger partial charge is 0.416 e. The molecule has 1 aliphatic rings. The van der Waals surface area contributed by atoms with Crippen molar-refractivity contribution in [1.29, 1.82) is 0 Å². The summed E-state index contributed by atoms with van der Waals surface area (Å²) < 4.78 is 71.2. The number of rotatable bonds is 6. The summed E-state index contributed by atoms with van der Waals surface area (Å²) in [7, 11) is -2.70. The van der Waals surface area contributed by atoms with Gasteiger partial charge in [0.15, 0.2) is 0 Å². The van der Waals surface area contributed by atoms with E-state index in [2.05, 4.69) is 5.32 Å². The summed E-state index contributed by atoms with van der Waals surface area (Å²) in [4.78, 5) is 14.4. The minimum atomic E-state index is -4.59. The molecule has 2 aromatic rings. The maximum Gasteiger partial charge on any atom is 0.416 e. The van der Waals surface area contributed by atoms with Gasteiger partial charge in [0, 0.05) is 20.1 Å². The number of carbonyl (C=O) groups is 1. The zero-order valence-electron chi connectivity index (χ0n) is 17.6. The van der Waals surface area contributed by atoms with Gasteiger partial charge in [0.2, 0.25) is 15.9 Å². The molecule has 1 heterocycles. The van der Waals surface area contributed by atoms with Crippen LogP contribution in [0.2, 0.25) is 0 Å². The standard InChI is InChI=1S/C21H24F3N3O4S/c1-15-3-6-17(7-4-15)32(29,30)26(2)14-20(28)25-18-13-16(21(22,23)24)5-8-19(18)27-9-11-31-12-10-27/h3-8,13H,9-12,14H2,1-2H3,(H,25,28). The third kappa shape index (κ3) is 5.59. The smallest absolute Gasteiger partial charge is 0.378 e. The summed E-state index contributed by atoms with van der Waals surface area (Å²) in [6.07, 6.45) is -4.59. The monoisotopic (exact) mass is 471 g/mol. The molecule has 1 N–H and O–H groups in total. The van der Waals surface area contributed by atoms with Crippen LogP contribution in [-0.4, -0.2) is 58.5 Å². The number of nitrogens with zero attached hydrogens (tertiary/aromatic N) is 2. The van der Waals surface area contributed by atoms with E-state index < -0.39 is 34.2 Å². The van der Waals surface area contributed by atoms with Gasteiger partial charge in [0.25, 0.3) is 0 Å². The van der Waals surface area contributed by atoms with Crippen molar-refractivity contribution in [1.82, 2.24) is 4.31 Å². The first kappa shape index (κ1) is 24.0. The average molecular weight is 472 g/mol. The average Bonchev–Trinajstić information content (AvgIpc) is 2.74. The summed E-state index contributed by atoms with van der Waals surface area (Å²) in [5, 5.41) is 2.46. The van der Waals surface area contributed by atoms with E-state index in [-0.39, 0.29) is 10.6 Å². The van der Waals surface area contributed by atoms with Crippen molar-refractivity contribution in [3.63, 3.8) is 0 Å². The van der Waals surface area contributed by atoms with Crippen LogP contribution in [0.1, 0.15) is 11.1 Å². The molecule has 0 aliphatic carbocycles. The Bertz CT molecular complexity index is 1070. The van der Waals surface area contributed by atoms with Crippen LogP contribution in [0.15, 0.2) is 47.4 Å². The summed E-state index contributed by atoms with van der Waals surface area (Å²) >= 11 is 0. The Morgan fingerprint density at radius 1 is 1.12 bits per heavy atom. The van der Waals surface area contributed by atoms with E-state index in [1.807, 2.05) is 11.8 Å². The Morgan fingerprint density at radius 3 is 2.34 bits per heavy atom. The number of anilines is 2. The number of aryl methyl sites for hydroxylation is 1. The van der Waals surface area contributed by atoms with E-state index in [1.54, 1.807) is 12.1 Å². The molecule has 0 bridgehead atoms. The number of carbonyl (C=O) groups excluding carboxylic acids is 1. The van der Waals surface area contributed by atoms with Gasteiger partial charge in [-0.2, -0.15) is 17.5 Å². The fourth-order valence-electron chi connectivity index (χ4n) is 3.26. The quantitative estimate of drug-likeness (QED) is 0.701. The second-order valence-electron chi connectivity index (χ2n) is 7.45. The molecule has 1 fully saturated rings. The maximum atomic E-state index is 13.2. The molecule has 0 spiro atoms. The molecular weight excluding hydrogens is 447 g/mol. The van der Waals surface area contributed by atoms with Crippen molar-refractivity contribution in [2.24, 2.45) is 0 Å². The van der Waals surface area contributed by atoms with Crippen LogP contribution in [0, 0.1) is 6.92 Å². The van der Waals surface area contributed by atoms with Crippen molar-refractivity contribution in [3.05, 3.63) is 53.6 Å². The highest BCUT2D eigenvalue weighted by molar-refractivity contribution is 7.89. The van der Waals surface area contributed by atoms with Gasteiger partial charge < -0.3 is 15.0 Å². The van der Waals surface area contributed by atoms with E-state index >= 15 is 0 Å². The molecule has 0 atom stereocenters. The molecule has 2 aromatic carbocycles. The second kappa shape index (κ2) is 9.47. The third-order valence-corrected chi connectivity index (χ3v) is 6.86. The highest BCUT2D eigenvalue weighted by Crippen LogP contribution is 2.35. The Morgan fingerprint density at radius 2 is 1.75 bits per heavy atom. The van der Waals surface area contributed by atoms with Gasteiger partial charge in [0.05, 0.1) is 41.6 Å². The lowest BCUT2D eigenvalue weighted by molar-refractivity contribution is -0.137. The van der Waals surface area contributed by atoms with Crippen molar-refractivity contribution < 1.29 is 31.1 Å². The highest BCUT2D eigenvalue weighted by Gasteiger charge is 2.32. The molecule has 0 radical (unpaired) electrons. The normalized spacial score (nSPS) is 15.1. The molecule has 1 saturated heterocycles. The van der Waals surface area contributed by atoms with Crippen LogP contribution in [0.4, 0.5) is 24.5 Å². The molecule has 1 aliphatic heterocycles. The van der Waals surface area contributed by atoms with Crippen molar-refractivity contribution >= 4 is 27.3 Å². The first-order chi connectivity index (χ1) is 15.0. The zero-order chi connectivity index (χ0) is 23.5. The summed E-state index contributed by atoms with van der Waals surface area (Å²) in [5.74, 6) is -0.753. The van der Waals surface area contributed by atoms with Crippen molar-refractivity contribution in [3.8, 4) is 0 Å². The number of likely N-dealkylation sites (N-methyl/N-ethyl adjacent to an activating group) is 1. The van der Waals surface area contributed by atoms with Crippen LogP contribution in [0.3, 0.4) is 0 Å². The summed E-state index contributed by atoms with van der Waals surface area (Å²) in [6, 6.07) is 9.25. The van der Waals surface area contributed by atoms with Gasteiger partial charge in [0.1, 0.15) is 0 Å². The van der Waals surface area contributed by atoms with Gasteiger partial charge in [-0.25, -0.2) is 8.42 Å². The minimum absolute atomic E-state index is 0.0199. The minimum Gasteiger partial charge on any atom is -0.378 e. The molecule has 0 saturated carbocycles. The number of alkyl halides is 3. The van der Waals surface area contributed by atoms with Crippen molar-refractivity contribution in [2.45, 2.75) is 18.0 Å². The lowest BCUT2D eigenvalue weighted by atomic mass is 10.1. The van der Waals surface area contributed by atoms with E-state index in [0.29, 0.717) is 32.0 Å². The lowest BCUT2D eigenvalue weighted by Gasteiger charge is -2.31. The Labute approximate surface area is 184 Å². The SMILES string of the molecule is Cc1ccc(S(=O)(=O)N(C)CC(=O)Nc2cc(C(F)(F)F)ccc2N2CCOCC2)cc1. The fourth-order valence-corrected chi connectivity index (χ4v) is 4.39. The number of morpholine rings is 1. The molecule has 0 unspecified atom stereocenters. The molecule has 3 rings (SSSR count). The van der Waals surface area contributed by atoms with Crippen LogP contribution < -0.4 is 10.2 Å². The summed E-state index contributed by atoms with van der Waals surface area (Å²) in [6.45, 7) is 2.98. The van der Waals surface area contributed by atoms with Crippen molar-refractivity contribution in [2.75, 3.05) is 50.1 Å². The Kier molecular flexibility index (Phi) is 7.11. The number of sulfonamides is 1. The van der Waals surface area contributed by atoms with Gasteiger partial charge in [-0.3, -0.25) is 4.79 Å². The lowest BCUT2D eigenvalue weighted by Crippen LogP contribution is -2.38. The topological polar surface area (TPSA) is 79.0 Å². The number of hydrogen-bond acceptors (Lipinski definition) is 5. The van der Waals surface area contributed by atoms with Gasteiger partial charge >= 0.3 is 6.18 Å². The fraction of sp³-hybridized carbons (Fsp3) is 0.381. The van der Waals surface area contributed by atoms with E-state index in [9.17, 15) is 26.4 Å². The van der Waals surface area contributed by atoms with E-state index in [1.165, 1.54) is 25.2 Å². The predicted octanol–water partition coefficient (Wildman–Crippen LogP) is 3.11. The first-order valence-corrected chi connectivity index (χ1v) is 11.3. The number of nitrogens with one attached hydrogen (secondary N) is 1. The van der Waals surface area contributed by atoms with Gasteiger partial charge in [-0.15, -0.1) is 0 Å². The van der Waals surface area contributed by atoms with E-state index in [4.69, 9.17) is 4.74 Å². The molecule has 174 valence electrons. The number of hydrogen-bond donors (Lipinski definition) is 1. The predicted molar refractivity (Wildman–Crippen MR) is 114 cm³/mol. The first-order valence-electron chi connectivity index (χ1n) is 9.85. The number of ether oxygens (including phenoxy) is 1. The molecule has 7 nitrogen and oxygen atoms in total. The molecule has 0 aromatic heterocycles. The van der Waals surface area contributed by atoms with Crippen LogP contribution in [-0.2, 0) is 25.7 Å². The number of benzene rings is 2. The number of halogens is 3. The molecule has 1 amide bonds. The maximum absolute atomic E-state index is 13.2. The molecular formula is C21H24F3N3O4S. The molecule has 32 heavy (non-hydrogen) atoms. The zero-order valence-corrected chi connectivity index (χ0v) is 18.5. The van der Waals surface area contributed by atoms with Crippen LogP contribution >= 0.6 is 0 Å².